The van der Waals surface area contributed by atoms with Crippen molar-refractivity contribution in [1.29, 1.82) is 0 Å². The van der Waals surface area contributed by atoms with E-state index in [1.807, 2.05) is 6.07 Å². The van der Waals surface area contributed by atoms with Crippen LogP contribution in [0.2, 0.25) is 0 Å². The van der Waals surface area contributed by atoms with Crippen LogP contribution < -0.4 is 15.2 Å². The fraction of sp³-hybridized carbons (Fsp3) is 0.286. The molecule has 0 bridgehead atoms. The number of hydrogen-bond acceptors (Lipinski definition) is 5. The summed E-state index contributed by atoms with van der Waals surface area (Å²) in [6.07, 6.45) is 3.19. The first-order chi connectivity index (χ1) is 14.8. The number of rotatable bonds is 10. The summed E-state index contributed by atoms with van der Waals surface area (Å²) in [6.45, 7) is 0.454. The molecule has 0 spiro atoms. The average Bonchev–Trinajstić information content (AvgIpc) is 3.16. The molecule has 1 aromatic heterocycles. The Morgan fingerprint density at radius 2 is 1.94 bits per heavy atom. The van der Waals surface area contributed by atoms with E-state index in [2.05, 4.69) is 9.71 Å². The SMILES string of the molecule is Cn1cnc(S(=O)(=O)NCCOc2cccc(C(CN)Cc3cc(F)cc(F)c3)c2)c1. The molecule has 1 heterocycles. The van der Waals surface area contributed by atoms with Crippen molar-refractivity contribution in [2.24, 2.45) is 12.8 Å². The number of ether oxygens (including phenoxy) is 1. The number of aromatic nitrogens is 2. The summed E-state index contributed by atoms with van der Waals surface area (Å²) in [5.74, 6) is -0.877. The molecule has 0 aliphatic rings. The van der Waals surface area contributed by atoms with Crippen molar-refractivity contribution in [3.63, 3.8) is 0 Å². The summed E-state index contributed by atoms with van der Waals surface area (Å²) in [7, 11) is -2.02. The van der Waals surface area contributed by atoms with Gasteiger partial charge in [-0.15, -0.1) is 0 Å². The van der Waals surface area contributed by atoms with Crippen LogP contribution in [0.3, 0.4) is 0 Å². The molecule has 0 saturated heterocycles. The number of aryl methyl sites for hydroxylation is 1. The van der Waals surface area contributed by atoms with E-state index < -0.39 is 21.7 Å². The van der Waals surface area contributed by atoms with Gasteiger partial charge in [0.05, 0.1) is 6.33 Å². The van der Waals surface area contributed by atoms with Crippen LogP contribution in [-0.2, 0) is 23.5 Å². The van der Waals surface area contributed by atoms with Gasteiger partial charge in [-0.2, -0.15) is 0 Å². The second kappa shape index (κ2) is 9.99. The van der Waals surface area contributed by atoms with Gasteiger partial charge in [-0.3, -0.25) is 0 Å². The number of halogens is 2. The maximum absolute atomic E-state index is 13.5. The monoisotopic (exact) mass is 450 g/mol. The zero-order chi connectivity index (χ0) is 22.4. The molecule has 2 aromatic carbocycles. The molecule has 3 N–H and O–H groups in total. The van der Waals surface area contributed by atoms with E-state index in [1.54, 1.807) is 29.8 Å². The minimum atomic E-state index is -3.70. The summed E-state index contributed by atoms with van der Waals surface area (Å²) in [5, 5.41) is -0.0587. The first-order valence-electron chi connectivity index (χ1n) is 9.62. The average molecular weight is 451 g/mol. The second-order valence-electron chi connectivity index (χ2n) is 7.11. The fourth-order valence-electron chi connectivity index (χ4n) is 3.16. The summed E-state index contributed by atoms with van der Waals surface area (Å²) < 4.78 is 60.9. The van der Waals surface area contributed by atoms with Gasteiger partial charge >= 0.3 is 0 Å². The third kappa shape index (κ3) is 6.33. The normalized spacial score (nSPS) is 12.6. The predicted molar refractivity (Wildman–Crippen MR) is 112 cm³/mol. The number of nitrogens with one attached hydrogen (secondary N) is 1. The minimum Gasteiger partial charge on any atom is -0.492 e. The van der Waals surface area contributed by atoms with Gasteiger partial charge in [0.1, 0.15) is 24.0 Å². The Morgan fingerprint density at radius 3 is 2.58 bits per heavy atom. The molecule has 31 heavy (non-hydrogen) atoms. The van der Waals surface area contributed by atoms with Crippen LogP contribution in [0.15, 0.2) is 60.0 Å². The Kier molecular flexibility index (Phi) is 7.37. The number of benzene rings is 2. The molecule has 3 rings (SSSR count). The van der Waals surface area contributed by atoms with Crippen LogP contribution in [-0.4, -0.2) is 37.7 Å². The van der Waals surface area contributed by atoms with Crippen molar-refractivity contribution in [2.45, 2.75) is 17.4 Å². The lowest BCUT2D eigenvalue weighted by atomic mass is 9.92. The second-order valence-corrected chi connectivity index (χ2v) is 8.82. The molecule has 166 valence electrons. The van der Waals surface area contributed by atoms with E-state index >= 15 is 0 Å². The van der Waals surface area contributed by atoms with Crippen molar-refractivity contribution in [1.82, 2.24) is 14.3 Å². The highest BCUT2D eigenvalue weighted by Gasteiger charge is 2.16. The zero-order valence-electron chi connectivity index (χ0n) is 17.0. The third-order valence-electron chi connectivity index (χ3n) is 4.64. The molecule has 1 atom stereocenters. The molecule has 1 unspecified atom stereocenters. The quantitative estimate of drug-likeness (QED) is 0.462. The van der Waals surface area contributed by atoms with Crippen molar-refractivity contribution in [3.8, 4) is 5.75 Å². The highest BCUT2D eigenvalue weighted by molar-refractivity contribution is 7.89. The predicted octanol–water partition coefficient (Wildman–Crippen LogP) is 2.34. The van der Waals surface area contributed by atoms with Gasteiger partial charge in [0.15, 0.2) is 5.03 Å². The molecule has 0 aliphatic heterocycles. The van der Waals surface area contributed by atoms with Gasteiger partial charge in [-0.25, -0.2) is 26.9 Å². The number of nitrogens with two attached hydrogens (primary N) is 1. The van der Waals surface area contributed by atoms with Crippen molar-refractivity contribution in [3.05, 3.63) is 77.8 Å². The van der Waals surface area contributed by atoms with Crippen LogP contribution in [0, 0.1) is 11.6 Å². The lowest BCUT2D eigenvalue weighted by molar-refractivity contribution is 0.322. The standard InChI is InChI=1S/C21H24F2N4O3S/c1-27-13-21(25-14-27)31(28,29)26-5-6-30-20-4-2-3-16(10-20)17(12-24)7-15-8-18(22)11-19(23)9-15/h2-4,8-11,13-14,17,26H,5-7,12,24H2,1H3. The molecule has 7 nitrogen and oxygen atoms in total. The summed E-state index contributed by atoms with van der Waals surface area (Å²) in [5.41, 5.74) is 7.27. The van der Waals surface area contributed by atoms with Gasteiger partial charge in [-0.05, 0) is 48.4 Å². The zero-order valence-corrected chi connectivity index (χ0v) is 17.8. The van der Waals surface area contributed by atoms with Crippen molar-refractivity contribution >= 4 is 10.0 Å². The van der Waals surface area contributed by atoms with Gasteiger partial charge in [0.25, 0.3) is 10.0 Å². The van der Waals surface area contributed by atoms with Gasteiger partial charge in [-0.1, -0.05) is 12.1 Å². The van der Waals surface area contributed by atoms with E-state index in [1.165, 1.54) is 24.7 Å². The maximum Gasteiger partial charge on any atom is 0.259 e. The number of hydrogen-bond donors (Lipinski definition) is 2. The first-order valence-corrected chi connectivity index (χ1v) is 11.1. The lowest BCUT2D eigenvalue weighted by Gasteiger charge is -2.17. The lowest BCUT2D eigenvalue weighted by Crippen LogP contribution is -2.28. The van der Waals surface area contributed by atoms with Gasteiger partial charge in [0.2, 0.25) is 0 Å². The Bertz CT molecular complexity index is 1110. The molecule has 3 aromatic rings. The Morgan fingerprint density at radius 1 is 1.19 bits per heavy atom. The van der Waals surface area contributed by atoms with E-state index in [0.29, 0.717) is 17.7 Å². The summed E-state index contributed by atoms with van der Waals surface area (Å²) in [6, 6.07) is 10.6. The Labute approximate surface area is 179 Å². The number of sulfonamides is 1. The van der Waals surface area contributed by atoms with Crippen LogP contribution in [0.5, 0.6) is 5.75 Å². The highest BCUT2D eigenvalue weighted by Crippen LogP contribution is 2.24. The first kappa shape index (κ1) is 22.9. The third-order valence-corrected chi connectivity index (χ3v) is 5.98. The number of nitrogens with zero attached hydrogens (tertiary/aromatic N) is 2. The highest BCUT2D eigenvalue weighted by atomic mass is 32.2. The van der Waals surface area contributed by atoms with Gasteiger partial charge < -0.3 is 15.0 Å². The molecule has 10 heteroatoms. The van der Waals surface area contributed by atoms with Gasteiger partial charge in [0, 0.05) is 31.8 Å². The van der Waals surface area contributed by atoms with Crippen LogP contribution >= 0.6 is 0 Å². The molecular weight excluding hydrogens is 426 g/mol. The van der Waals surface area contributed by atoms with E-state index in [0.717, 1.165) is 11.6 Å². The number of imidazole rings is 1. The van der Waals surface area contributed by atoms with E-state index in [4.69, 9.17) is 10.5 Å². The molecule has 0 fully saturated rings. The summed E-state index contributed by atoms with van der Waals surface area (Å²) >= 11 is 0. The van der Waals surface area contributed by atoms with Crippen LogP contribution in [0.4, 0.5) is 8.78 Å². The molecule has 0 saturated carbocycles. The van der Waals surface area contributed by atoms with Crippen molar-refractivity contribution in [2.75, 3.05) is 19.7 Å². The molecular formula is C21H24F2N4O3S. The van der Waals surface area contributed by atoms with Crippen LogP contribution in [0.25, 0.3) is 0 Å². The molecule has 0 amide bonds. The maximum atomic E-state index is 13.5. The van der Waals surface area contributed by atoms with Crippen LogP contribution in [0.1, 0.15) is 17.0 Å². The molecule has 0 radical (unpaired) electrons. The topological polar surface area (TPSA) is 99.2 Å². The largest absolute Gasteiger partial charge is 0.492 e. The smallest absolute Gasteiger partial charge is 0.259 e. The Balaban J connectivity index is 1.58. The Hall–Kier alpha value is -2.82. The van der Waals surface area contributed by atoms with E-state index in [9.17, 15) is 17.2 Å². The molecule has 0 aliphatic carbocycles. The van der Waals surface area contributed by atoms with Crippen molar-refractivity contribution < 1.29 is 21.9 Å². The van der Waals surface area contributed by atoms with E-state index in [-0.39, 0.29) is 30.6 Å². The minimum absolute atomic E-state index is 0.0587. The summed E-state index contributed by atoms with van der Waals surface area (Å²) in [4.78, 5) is 3.82. The fourth-order valence-corrected chi connectivity index (χ4v) is 4.15.